The average molecular weight is 508 g/mol. The van der Waals surface area contributed by atoms with Crippen LogP contribution in [0, 0.1) is 13.8 Å². The summed E-state index contributed by atoms with van der Waals surface area (Å²) >= 11 is 0. The van der Waals surface area contributed by atoms with Gasteiger partial charge in [-0.05, 0) is 74.4 Å². The summed E-state index contributed by atoms with van der Waals surface area (Å²) in [4.78, 5) is 26.5. The van der Waals surface area contributed by atoms with Crippen molar-refractivity contribution >= 4 is 27.0 Å². The number of ether oxygens (including phenoxy) is 2. The Kier molecular flexibility index (Phi) is 6.96. The minimum absolute atomic E-state index is 0.000199. The predicted molar refractivity (Wildman–Crippen MR) is 136 cm³/mol. The molecule has 186 valence electrons. The second-order valence-electron chi connectivity index (χ2n) is 8.35. The molecule has 0 unspecified atom stereocenters. The molecule has 0 amide bonds. The molecule has 0 radical (unpaired) electrons. The molecule has 8 nitrogen and oxygen atoms in total. The zero-order valence-electron chi connectivity index (χ0n) is 20.2. The van der Waals surface area contributed by atoms with Crippen LogP contribution in [-0.4, -0.2) is 27.5 Å². The Hall–Kier alpha value is -3.95. The molecule has 9 heteroatoms. The van der Waals surface area contributed by atoms with Crippen molar-refractivity contribution in [2.24, 2.45) is 0 Å². The molecule has 3 aromatic carbocycles. The van der Waals surface area contributed by atoms with E-state index in [2.05, 4.69) is 4.72 Å². The predicted octanol–water partition coefficient (Wildman–Crippen LogP) is 4.36. The Morgan fingerprint density at radius 2 is 1.67 bits per heavy atom. The quantitative estimate of drug-likeness (QED) is 0.370. The molecule has 1 N–H and O–H groups in total. The molecule has 0 spiro atoms. The summed E-state index contributed by atoms with van der Waals surface area (Å²) in [6, 6.07) is 16.6. The van der Waals surface area contributed by atoms with Gasteiger partial charge in [0.05, 0.1) is 17.4 Å². The van der Waals surface area contributed by atoms with Crippen LogP contribution >= 0.6 is 0 Å². The first-order chi connectivity index (χ1) is 17.1. The van der Waals surface area contributed by atoms with Crippen LogP contribution < -0.4 is 19.6 Å². The molecule has 0 aliphatic carbocycles. The van der Waals surface area contributed by atoms with Gasteiger partial charge in [0.25, 0.3) is 0 Å². The van der Waals surface area contributed by atoms with Gasteiger partial charge < -0.3 is 13.9 Å². The number of nitrogens with one attached hydrogen (secondary N) is 1. The standard InChI is InChI=1S/C27H25NO7S/c1-16-14-17(2)23-22(15-16)34-25(19-10-12-20(33-4)13-11-19)26(24(23)29)35-27(30)18(3)28-36(31,32)21-8-6-5-7-9-21/h5-15,18,28H,1-4H3/t18-/m0/s1. The van der Waals surface area contributed by atoms with E-state index >= 15 is 0 Å². The van der Waals surface area contributed by atoms with Crippen molar-refractivity contribution < 1.29 is 27.1 Å². The van der Waals surface area contributed by atoms with E-state index in [4.69, 9.17) is 13.9 Å². The maximum atomic E-state index is 13.5. The molecular formula is C27H25NO7S. The fourth-order valence-electron chi connectivity index (χ4n) is 3.84. The first-order valence-corrected chi connectivity index (χ1v) is 12.6. The van der Waals surface area contributed by atoms with Crippen LogP contribution in [0.15, 0.2) is 80.8 Å². The highest BCUT2D eigenvalue weighted by molar-refractivity contribution is 7.89. The van der Waals surface area contributed by atoms with Gasteiger partial charge in [-0.15, -0.1) is 0 Å². The minimum atomic E-state index is -3.99. The molecule has 1 atom stereocenters. The van der Waals surface area contributed by atoms with Crippen LogP contribution in [0.3, 0.4) is 0 Å². The van der Waals surface area contributed by atoms with Gasteiger partial charge in [-0.2, -0.15) is 4.72 Å². The molecule has 0 aliphatic rings. The number of methoxy groups -OCH3 is 1. The van der Waals surface area contributed by atoms with Crippen molar-refractivity contribution in [3.05, 3.63) is 88.1 Å². The fourth-order valence-corrected chi connectivity index (χ4v) is 5.05. The SMILES string of the molecule is COc1ccc(-c2oc3cc(C)cc(C)c3c(=O)c2OC(=O)[C@H](C)NS(=O)(=O)c2ccccc2)cc1. The number of benzene rings is 3. The van der Waals surface area contributed by atoms with Gasteiger partial charge in [-0.3, -0.25) is 4.79 Å². The minimum Gasteiger partial charge on any atom is -0.497 e. The Morgan fingerprint density at radius 3 is 2.31 bits per heavy atom. The van der Waals surface area contributed by atoms with Gasteiger partial charge in [0, 0.05) is 5.56 Å². The first kappa shape index (κ1) is 25.2. The fraction of sp³-hybridized carbons (Fsp3) is 0.185. The highest BCUT2D eigenvalue weighted by Crippen LogP contribution is 2.33. The van der Waals surface area contributed by atoms with Crippen molar-refractivity contribution in [3.8, 4) is 22.8 Å². The lowest BCUT2D eigenvalue weighted by Gasteiger charge is -2.16. The third-order valence-corrected chi connectivity index (χ3v) is 7.15. The Balaban J connectivity index is 1.76. The molecule has 4 rings (SSSR count). The second-order valence-corrected chi connectivity index (χ2v) is 10.1. The van der Waals surface area contributed by atoms with E-state index in [0.29, 0.717) is 22.5 Å². The van der Waals surface area contributed by atoms with Gasteiger partial charge in [-0.25, -0.2) is 13.2 Å². The third kappa shape index (κ3) is 5.02. The molecule has 1 heterocycles. The summed E-state index contributed by atoms with van der Waals surface area (Å²) in [7, 11) is -2.46. The van der Waals surface area contributed by atoms with E-state index in [0.717, 1.165) is 5.56 Å². The number of sulfonamides is 1. The number of fused-ring (bicyclic) bond motifs is 1. The van der Waals surface area contributed by atoms with Crippen LogP contribution in [0.4, 0.5) is 0 Å². The second kappa shape index (κ2) is 9.96. The van der Waals surface area contributed by atoms with E-state index in [-0.39, 0.29) is 21.8 Å². The van der Waals surface area contributed by atoms with Gasteiger partial charge in [0.1, 0.15) is 17.4 Å². The summed E-state index contributed by atoms with van der Waals surface area (Å²) < 4.78 is 44.4. The molecule has 0 aliphatic heterocycles. The molecule has 0 fully saturated rings. The maximum absolute atomic E-state index is 13.5. The van der Waals surface area contributed by atoms with Crippen molar-refractivity contribution in [3.63, 3.8) is 0 Å². The smallest absolute Gasteiger partial charge is 0.329 e. The van der Waals surface area contributed by atoms with Crippen LogP contribution in [0.2, 0.25) is 0 Å². The third-order valence-electron chi connectivity index (χ3n) is 5.59. The normalized spacial score (nSPS) is 12.3. The zero-order chi connectivity index (χ0) is 26.0. The van der Waals surface area contributed by atoms with E-state index in [1.165, 1.54) is 26.2 Å². The topological polar surface area (TPSA) is 112 Å². The Bertz CT molecular complexity index is 1590. The summed E-state index contributed by atoms with van der Waals surface area (Å²) in [5, 5.41) is 0.276. The highest BCUT2D eigenvalue weighted by atomic mass is 32.2. The number of rotatable bonds is 7. The highest BCUT2D eigenvalue weighted by Gasteiger charge is 2.27. The van der Waals surface area contributed by atoms with E-state index in [1.54, 1.807) is 55.5 Å². The van der Waals surface area contributed by atoms with Crippen LogP contribution in [-0.2, 0) is 14.8 Å². The molecule has 0 saturated heterocycles. The van der Waals surface area contributed by atoms with Gasteiger partial charge in [0.2, 0.25) is 21.2 Å². The van der Waals surface area contributed by atoms with Gasteiger partial charge >= 0.3 is 5.97 Å². The maximum Gasteiger partial charge on any atom is 0.329 e. The summed E-state index contributed by atoms with van der Waals surface area (Å²) in [6.07, 6.45) is 0. The lowest BCUT2D eigenvalue weighted by atomic mass is 10.0. The Labute approximate surface area is 208 Å². The number of esters is 1. The number of hydrogen-bond acceptors (Lipinski definition) is 7. The van der Waals surface area contributed by atoms with Crippen molar-refractivity contribution in [1.29, 1.82) is 0 Å². The summed E-state index contributed by atoms with van der Waals surface area (Å²) in [5.74, 6) is -0.640. The van der Waals surface area contributed by atoms with E-state index in [1.807, 2.05) is 13.0 Å². The number of aryl methyl sites for hydroxylation is 2. The number of hydrogen-bond donors (Lipinski definition) is 1. The van der Waals surface area contributed by atoms with E-state index < -0.39 is 27.5 Å². The molecule has 36 heavy (non-hydrogen) atoms. The van der Waals surface area contributed by atoms with Gasteiger partial charge in [-0.1, -0.05) is 24.3 Å². The van der Waals surface area contributed by atoms with Crippen LogP contribution in [0.5, 0.6) is 11.5 Å². The largest absolute Gasteiger partial charge is 0.497 e. The molecule has 0 bridgehead atoms. The monoisotopic (exact) mass is 507 g/mol. The van der Waals surface area contributed by atoms with Crippen LogP contribution in [0.1, 0.15) is 18.1 Å². The van der Waals surface area contributed by atoms with Crippen LogP contribution in [0.25, 0.3) is 22.3 Å². The van der Waals surface area contributed by atoms with Crippen molar-refractivity contribution in [2.75, 3.05) is 7.11 Å². The lowest BCUT2D eigenvalue weighted by Crippen LogP contribution is -2.41. The molecule has 0 saturated carbocycles. The molecule has 1 aromatic heterocycles. The lowest BCUT2D eigenvalue weighted by molar-refractivity contribution is -0.135. The number of carbonyl (C=O) groups excluding carboxylic acids is 1. The van der Waals surface area contributed by atoms with Gasteiger partial charge in [0.15, 0.2) is 5.76 Å². The molecular weight excluding hydrogens is 482 g/mol. The number of carbonyl (C=O) groups is 1. The first-order valence-electron chi connectivity index (χ1n) is 11.1. The summed E-state index contributed by atoms with van der Waals surface area (Å²) in [6.45, 7) is 4.99. The van der Waals surface area contributed by atoms with Crippen molar-refractivity contribution in [2.45, 2.75) is 31.7 Å². The van der Waals surface area contributed by atoms with E-state index in [9.17, 15) is 18.0 Å². The van der Waals surface area contributed by atoms with Crippen molar-refractivity contribution in [1.82, 2.24) is 4.72 Å². The zero-order valence-corrected chi connectivity index (χ0v) is 21.0. The average Bonchev–Trinajstić information content (AvgIpc) is 2.85. The Morgan fingerprint density at radius 1 is 1.00 bits per heavy atom. The summed E-state index contributed by atoms with van der Waals surface area (Å²) in [5.41, 5.74) is 1.86. The molecule has 4 aromatic rings.